The van der Waals surface area contributed by atoms with Crippen LogP contribution in [-0.2, 0) is 6.54 Å². The van der Waals surface area contributed by atoms with E-state index in [-0.39, 0.29) is 19.2 Å². The van der Waals surface area contributed by atoms with Gasteiger partial charge in [0.1, 0.15) is 18.1 Å². The van der Waals surface area contributed by atoms with Crippen LogP contribution in [0.2, 0.25) is 0 Å². The fourth-order valence-electron chi connectivity index (χ4n) is 3.21. The van der Waals surface area contributed by atoms with E-state index in [0.29, 0.717) is 37.5 Å². The summed E-state index contributed by atoms with van der Waals surface area (Å²) in [6.45, 7) is 1.36. The van der Waals surface area contributed by atoms with E-state index in [1.807, 2.05) is 36.4 Å². The maximum absolute atomic E-state index is 13.1. The summed E-state index contributed by atoms with van der Waals surface area (Å²) < 4.78 is 11.0. The Labute approximate surface area is 187 Å². The maximum Gasteiger partial charge on any atom is 0.322 e. The van der Waals surface area contributed by atoms with Crippen LogP contribution in [0.4, 0.5) is 10.5 Å². The van der Waals surface area contributed by atoms with Crippen LogP contribution in [0.5, 0.6) is 11.5 Å². The molecular formula is C23H29N5O4. The summed E-state index contributed by atoms with van der Waals surface area (Å²) in [6.07, 6.45) is 4.14. The van der Waals surface area contributed by atoms with Crippen LogP contribution in [0.15, 0.2) is 54.9 Å². The van der Waals surface area contributed by atoms with Gasteiger partial charge in [-0.05, 0) is 48.4 Å². The van der Waals surface area contributed by atoms with Gasteiger partial charge in [0.2, 0.25) is 0 Å². The second-order valence-corrected chi connectivity index (χ2v) is 7.12. The molecule has 0 fully saturated rings. The predicted molar refractivity (Wildman–Crippen MR) is 123 cm³/mol. The van der Waals surface area contributed by atoms with E-state index in [2.05, 4.69) is 15.5 Å². The molecular weight excluding hydrogens is 410 g/mol. The second-order valence-electron chi connectivity index (χ2n) is 7.12. The number of nitrogens with two attached hydrogens (primary N) is 1. The van der Waals surface area contributed by atoms with Crippen molar-refractivity contribution in [3.05, 3.63) is 60.4 Å². The molecule has 1 aromatic heterocycles. The Bertz CT molecular complexity index is 994. The Morgan fingerprint density at radius 2 is 2.12 bits per heavy atom. The first-order valence-corrected chi connectivity index (χ1v) is 10.4. The van der Waals surface area contributed by atoms with Gasteiger partial charge in [-0.15, -0.1) is 0 Å². The number of nitrogens with one attached hydrogen (secondary N) is 2. The zero-order chi connectivity index (χ0) is 22.8. The van der Waals surface area contributed by atoms with E-state index in [4.69, 9.17) is 15.2 Å². The molecule has 5 N–H and O–H groups in total. The fourth-order valence-corrected chi connectivity index (χ4v) is 3.21. The highest BCUT2D eigenvalue weighted by Gasteiger charge is 2.17. The Morgan fingerprint density at radius 1 is 1.25 bits per heavy atom. The molecule has 0 aliphatic carbocycles. The summed E-state index contributed by atoms with van der Waals surface area (Å²) >= 11 is 0. The standard InChI is InChI=1S/C23H29N5O4/c1-31-20-5-2-4-17(12-20)16-28(9-3-8-24)23(30)27-21-7-6-18(19-14-25-26-15-19)13-22(21)32-11-10-29/h2,4-7,12-15,29H,3,8-11,16,24H2,1H3,(H,25,26)(H,27,30). The Hall–Kier alpha value is -3.56. The Morgan fingerprint density at radius 3 is 2.84 bits per heavy atom. The number of nitrogens with zero attached hydrogens (tertiary/aromatic N) is 2. The molecule has 0 bridgehead atoms. The van der Waals surface area contributed by atoms with E-state index < -0.39 is 0 Å². The molecule has 3 rings (SSSR count). The molecule has 0 aliphatic rings. The molecule has 0 atom stereocenters. The number of aromatic amines is 1. The minimum absolute atomic E-state index is 0.110. The van der Waals surface area contributed by atoms with Crippen molar-refractivity contribution in [1.82, 2.24) is 15.1 Å². The predicted octanol–water partition coefficient (Wildman–Crippen LogP) is 2.84. The van der Waals surface area contributed by atoms with Gasteiger partial charge in [0, 0.05) is 24.8 Å². The van der Waals surface area contributed by atoms with Gasteiger partial charge in [-0.25, -0.2) is 4.79 Å². The van der Waals surface area contributed by atoms with Crippen molar-refractivity contribution in [2.24, 2.45) is 5.73 Å². The van der Waals surface area contributed by atoms with Crippen LogP contribution in [0.1, 0.15) is 12.0 Å². The van der Waals surface area contributed by atoms with Gasteiger partial charge in [0.25, 0.3) is 0 Å². The third-order valence-electron chi connectivity index (χ3n) is 4.83. The number of aliphatic hydroxyl groups is 1. The second kappa shape index (κ2) is 11.7. The van der Waals surface area contributed by atoms with Crippen LogP contribution >= 0.6 is 0 Å². The average molecular weight is 440 g/mol. The number of hydrogen-bond donors (Lipinski definition) is 4. The summed E-state index contributed by atoms with van der Waals surface area (Å²) in [5.41, 5.74) is 8.91. The highest BCUT2D eigenvalue weighted by Crippen LogP contribution is 2.31. The summed E-state index contributed by atoms with van der Waals surface area (Å²) in [5.74, 6) is 1.20. The molecule has 32 heavy (non-hydrogen) atoms. The third kappa shape index (κ3) is 6.22. The van der Waals surface area contributed by atoms with Crippen molar-refractivity contribution < 1.29 is 19.4 Å². The first-order valence-electron chi connectivity index (χ1n) is 10.4. The molecule has 0 spiro atoms. The smallest absolute Gasteiger partial charge is 0.322 e. The lowest BCUT2D eigenvalue weighted by molar-refractivity contribution is 0.201. The minimum atomic E-state index is -0.272. The number of carbonyl (C=O) groups is 1. The lowest BCUT2D eigenvalue weighted by atomic mass is 10.1. The number of anilines is 1. The van der Waals surface area contributed by atoms with Gasteiger partial charge in [0.05, 0.1) is 25.6 Å². The van der Waals surface area contributed by atoms with Gasteiger partial charge in [0.15, 0.2) is 0 Å². The van der Waals surface area contributed by atoms with Crippen LogP contribution in [0.3, 0.4) is 0 Å². The summed E-state index contributed by atoms with van der Waals surface area (Å²) in [6, 6.07) is 12.8. The number of carbonyl (C=O) groups excluding carboxylic acids is 1. The fraction of sp³-hybridized carbons (Fsp3) is 0.304. The minimum Gasteiger partial charge on any atom is -0.497 e. The molecule has 9 heteroatoms. The van der Waals surface area contributed by atoms with Crippen LogP contribution in [0, 0.1) is 0 Å². The molecule has 0 aliphatic heterocycles. The van der Waals surface area contributed by atoms with Crippen molar-refractivity contribution in [1.29, 1.82) is 0 Å². The quantitative estimate of drug-likeness (QED) is 0.364. The molecule has 2 amide bonds. The number of H-pyrrole nitrogens is 1. The summed E-state index contributed by atoms with van der Waals surface area (Å²) in [7, 11) is 1.61. The number of amides is 2. The monoisotopic (exact) mass is 439 g/mol. The largest absolute Gasteiger partial charge is 0.497 e. The Kier molecular flexibility index (Phi) is 8.47. The van der Waals surface area contributed by atoms with E-state index in [1.165, 1.54) is 0 Å². The van der Waals surface area contributed by atoms with E-state index in [1.54, 1.807) is 30.5 Å². The number of aromatic nitrogens is 2. The normalized spacial score (nSPS) is 10.6. The number of aliphatic hydroxyl groups excluding tert-OH is 1. The zero-order valence-corrected chi connectivity index (χ0v) is 18.1. The zero-order valence-electron chi connectivity index (χ0n) is 18.1. The summed E-state index contributed by atoms with van der Waals surface area (Å²) in [4.78, 5) is 14.8. The average Bonchev–Trinajstić information content (AvgIpc) is 3.36. The van der Waals surface area contributed by atoms with E-state index in [0.717, 1.165) is 22.4 Å². The molecule has 170 valence electrons. The Balaban J connectivity index is 1.80. The van der Waals surface area contributed by atoms with E-state index >= 15 is 0 Å². The van der Waals surface area contributed by atoms with Crippen molar-refractivity contribution in [2.75, 3.05) is 38.7 Å². The number of ether oxygens (including phenoxy) is 2. The molecule has 3 aromatic rings. The first kappa shape index (κ1) is 23.1. The summed E-state index contributed by atoms with van der Waals surface area (Å²) in [5, 5.41) is 18.9. The van der Waals surface area contributed by atoms with Crippen LogP contribution < -0.4 is 20.5 Å². The number of benzene rings is 2. The van der Waals surface area contributed by atoms with Gasteiger partial charge >= 0.3 is 6.03 Å². The van der Waals surface area contributed by atoms with Gasteiger partial charge < -0.3 is 30.5 Å². The highest BCUT2D eigenvalue weighted by molar-refractivity contribution is 5.91. The molecule has 0 saturated carbocycles. The van der Waals surface area contributed by atoms with Crippen molar-refractivity contribution >= 4 is 11.7 Å². The number of rotatable bonds is 11. The third-order valence-corrected chi connectivity index (χ3v) is 4.83. The lowest BCUT2D eigenvalue weighted by Gasteiger charge is -2.24. The van der Waals surface area contributed by atoms with Gasteiger partial charge in [-0.3, -0.25) is 5.10 Å². The lowest BCUT2D eigenvalue weighted by Crippen LogP contribution is -2.36. The number of methoxy groups -OCH3 is 1. The first-order chi connectivity index (χ1) is 15.6. The van der Waals surface area contributed by atoms with Crippen molar-refractivity contribution in [3.8, 4) is 22.6 Å². The van der Waals surface area contributed by atoms with Crippen molar-refractivity contribution in [3.63, 3.8) is 0 Å². The highest BCUT2D eigenvalue weighted by atomic mass is 16.5. The molecule has 2 aromatic carbocycles. The molecule has 9 nitrogen and oxygen atoms in total. The molecule has 0 radical (unpaired) electrons. The molecule has 0 unspecified atom stereocenters. The number of urea groups is 1. The van der Waals surface area contributed by atoms with E-state index in [9.17, 15) is 9.90 Å². The van der Waals surface area contributed by atoms with Gasteiger partial charge in [-0.2, -0.15) is 5.10 Å². The van der Waals surface area contributed by atoms with Gasteiger partial charge in [-0.1, -0.05) is 18.2 Å². The van der Waals surface area contributed by atoms with Crippen molar-refractivity contribution in [2.45, 2.75) is 13.0 Å². The maximum atomic E-state index is 13.1. The molecule has 0 saturated heterocycles. The topological polar surface area (TPSA) is 126 Å². The van der Waals surface area contributed by atoms with Crippen LogP contribution in [0.25, 0.3) is 11.1 Å². The van der Waals surface area contributed by atoms with Crippen LogP contribution in [-0.4, -0.2) is 59.6 Å². The molecule has 1 heterocycles. The SMILES string of the molecule is COc1cccc(CN(CCCN)C(=O)Nc2ccc(-c3cn[nH]c3)cc2OCCO)c1. The number of hydrogen-bond acceptors (Lipinski definition) is 6.